The van der Waals surface area contributed by atoms with Crippen LogP contribution in [0.4, 0.5) is 16.3 Å². The third kappa shape index (κ3) is 5.14. The highest BCUT2D eigenvalue weighted by atomic mass is 35.5. The molecule has 1 fully saturated rings. The minimum Gasteiger partial charge on any atom is -0.464 e. The van der Waals surface area contributed by atoms with Crippen molar-refractivity contribution in [1.82, 2.24) is 9.88 Å². The fraction of sp³-hybridized carbons (Fsp3) is 0.273. The van der Waals surface area contributed by atoms with Gasteiger partial charge in [0.25, 0.3) is 10.0 Å². The molecule has 0 bridgehead atoms. The molecule has 0 radical (unpaired) electrons. The van der Waals surface area contributed by atoms with Crippen LogP contribution in [-0.2, 0) is 16.6 Å². The van der Waals surface area contributed by atoms with Crippen LogP contribution in [0, 0.1) is 0 Å². The van der Waals surface area contributed by atoms with Crippen LogP contribution >= 0.6 is 22.9 Å². The number of aromatic nitrogens is 1. The van der Waals surface area contributed by atoms with E-state index < -0.39 is 16.1 Å². The number of anilines is 2. The Morgan fingerprint density at radius 3 is 2.70 bits per heavy atom. The van der Waals surface area contributed by atoms with Gasteiger partial charge >= 0.3 is 6.09 Å². The summed E-state index contributed by atoms with van der Waals surface area (Å²) >= 11 is 7.53. The first-order valence-corrected chi connectivity index (χ1v) is 12.9. The molecule has 3 aromatic rings. The summed E-state index contributed by atoms with van der Waals surface area (Å²) < 4.78 is 26.2. The number of carbonyl (C=O) groups is 1. The molecule has 1 aliphatic heterocycles. The molecule has 0 saturated carbocycles. The summed E-state index contributed by atoms with van der Waals surface area (Å²) in [6, 6.07) is 14.4. The van der Waals surface area contributed by atoms with Gasteiger partial charge in [-0.25, -0.2) is 18.2 Å². The highest BCUT2D eigenvalue weighted by Crippen LogP contribution is 2.33. The molecule has 0 unspecified atom stereocenters. The van der Waals surface area contributed by atoms with Crippen molar-refractivity contribution in [2.24, 2.45) is 0 Å². The molecule has 1 aliphatic rings. The van der Waals surface area contributed by atoms with Crippen molar-refractivity contribution in [2.45, 2.75) is 30.3 Å². The first-order valence-electron chi connectivity index (χ1n) is 10.2. The molecule has 2 N–H and O–H groups in total. The van der Waals surface area contributed by atoms with Crippen LogP contribution in [0.15, 0.2) is 64.3 Å². The molecule has 8 nitrogen and oxygen atoms in total. The van der Waals surface area contributed by atoms with Gasteiger partial charge in [-0.2, -0.15) is 0 Å². The Labute approximate surface area is 201 Å². The number of carboxylic acid groups (broad SMARTS) is 1. The predicted molar refractivity (Wildman–Crippen MR) is 130 cm³/mol. The molecular weight excluding hydrogens is 484 g/mol. The van der Waals surface area contributed by atoms with Gasteiger partial charge in [0.15, 0.2) is 5.82 Å². The fourth-order valence-electron chi connectivity index (χ4n) is 3.95. The molecule has 1 aromatic heterocycles. The van der Waals surface area contributed by atoms with Crippen LogP contribution in [0.1, 0.15) is 18.9 Å². The lowest BCUT2D eigenvalue weighted by Gasteiger charge is -2.28. The highest BCUT2D eigenvalue weighted by molar-refractivity contribution is 7.93. The highest BCUT2D eigenvalue weighted by Gasteiger charge is 2.35. The topological polar surface area (TPSA) is 103 Å². The average molecular weight is 507 g/mol. The van der Waals surface area contributed by atoms with E-state index in [-0.39, 0.29) is 25.6 Å². The molecule has 33 heavy (non-hydrogen) atoms. The summed E-state index contributed by atoms with van der Waals surface area (Å²) in [4.78, 5) is 17.6. The summed E-state index contributed by atoms with van der Waals surface area (Å²) in [6.45, 7) is 4.68. The van der Waals surface area contributed by atoms with Gasteiger partial charge in [-0.1, -0.05) is 41.9 Å². The minimum absolute atomic E-state index is 0.178. The SMILES string of the molecule is C[C@@]1(Nc2ccc(S(=O)(=O)N(C(=O)O)c3cscn3)cc2Cl)CCN(Cc2ccccc2)C1. The zero-order valence-corrected chi connectivity index (χ0v) is 20.2. The van der Waals surface area contributed by atoms with Crippen LogP contribution in [0.25, 0.3) is 0 Å². The number of rotatable bonds is 7. The number of likely N-dealkylation sites (tertiary alicyclic amines) is 1. The maximum atomic E-state index is 13.0. The van der Waals surface area contributed by atoms with Gasteiger partial charge in [0, 0.05) is 30.6 Å². The number of halogens is 1. The normalized spacial score (nSPS) is 18.8. The van der Waals surface area contributed by atoms with E-state index in [2.05, 4.69) is 34.3 Å². The third-order valence-corrected chi connectivity index (χ3v) is 8.08. The molecule has 1 amide bonds. The van der Waals surface area contributed by atoms with Crippen molar-refractivity contribution >= 4 is 50.6 Å². The lowest BCUT2D eigenvalue weighted by Crippen LogP contribution is -2.38. The molecular formula is C22H23ClN4O4S2. The zero-order valence-electron chi connectivity index (χ0n) is 17.8. The number of sulfonamides is 1. The predicted octanol–water partition coefficient (Wildman–Crippen LogP) is 4.75. The molecule has 11 heteroatoms. The molecule has 2 heterocycles. The zero-order chi connectivity index (χ0) is 23.6. The number of benzene rings is 2. The maximum absolute atomic E-state index is 13.0. The molecule has 174 valence electrons. The Morgan fingerprint density at radius 1 is 1.30 bits per heavy atom. The van der Waals surface area contributed by atoms with Gasteiger partial charge in [0.1, 0.15) is 0 Å². The molecule has 1 atom stereocenters. The summed E-state index contributed by atoms with van der Waals surface area (Å²) in [6.07, 6.45) is -0.747. The van der Waals surface area contributed by atoms with Gasteiger partial charge in [0.05, 0.1) is 21.1 Å². The second-order valence-corrected chi connectivity index (χ2v) is 11.1. The lowest BCUT2D eigenvalue weighted by molar-refractivity contribution is 0.206. The van der Waals surface area contributed by atoms with Gasteiger partial charge in [-0.05, 0) is 37.1 Å². The van der Waals surface area contributed by atoms with Gasteiger partial charge in [-0.15, -0.1) is 15.6 Å². The van der Waals surface area contributed by atoms with E-state index in [1.54, 1.807) is 6.07 Å². The Balaban J connectivity index is 1.50. The third-order valence-electron chi connectivity index (χ3n) is 5.52. The standard InChI is InChI=1S/C22H23ClN4O4S2/c1-22(9-10-26(14-22)12-16-5-3-2-4-6-16)25-19-8-7-17(11-18(19)23)33(30,31)27(21(28)29)20-13-32-15-24-20/h2-8,11,13,15,25H,9-10,12,14H2,1H3,(H,28,29)/t22-/m1/s1. The van der Waals surface area contributed by atoms with E-state index in [9.17, 15) is 18.3 Å². The van der Waals surface area contributed by atoms with Crippen molar-refractivity contribution < 1.29 is 18.3 Å². The smallest absolute Gasteiger partial charge is 0.427 e. The van der Waals surface area contributed by atoms with Gasteiger partial charge in [-0.3, -0.25) is 4.90 Å². The number of nitrogens with zero attached hydrogens (tertiary/aromatic N) is 3. The monoisotopic (exact) mass is 506 g/mol. The Bertz CT molecular complexity index is 1240. The van der Waals surface area contributed by atoms with Gasteiger partial charge in [0.2, 0.25) is 0 Å². The van der Waals surface area contributed by atoms with E-state index in [0.717, 1.165) is 37.4 Å². The first kappa shape index (κ1) is 23.5. The van der Waals surface area contributed by atoms with Crippen molar-refractivity contribution in [1.29, 1.82) is 0 Å². The molecule has 0 aliphatic carbocycles. The minimum atomic E-state index is -4.39. The Kier molecular flexibility index (Phi) is 6.62. The van der Waals surface area contributed by atoms with Crippen molar-refractivity contribution in [3.8, 4) is 0 Å². The van der Waals surface area contributed by atoms with E-state index in [0.29, 0.717) is 5.69 Å². The van der Waals surface area contributed by atoms with Crippen molar-refractivity contribution in [3.63, 3.8) is 0 Å². The van der Waals surface area contributed by atoms with E-state index >= 15 is 0 Å². The second kappa shape index (κ2) is 9.30. The first-order chi connectivity index (χ1) is 15.7. The number of nitrogens with one attached hydrogen (secondary N) is 1. The fourth-order valence-corrected chi connectivity index (χ4v) is 6.10. The van der Waals surface area contributed by atoms with Crippen LogP contribution < -0.4 is 9.62 Å². The Hall–Kier alpha value is -2.66. The molecule has 0 spiro atoms. The van der Waals surface area contributed by atoms with Crippen molar-refractivity contribution in [2.75, 3.05) is 22.7 Å². The average Bonchev–Trinajstić information content (AvgIpc) is 3.40. The van der Waals surface area contributed by atoms with E-state index in [4.69, 9.17) is 11.6 Å². The number of hydrogen-bond donors (Lipinski definition) is 2. The van der Waals surface area contributed by atoms with E-state index in [1.165, 1.54) is 28.6 Å². The molecule has 2 aromatic carbocycles. The number of amides is 1. The molecule has 1 saturated heterocycles. The van der Waals surface area contributed by atoms with Crippen LogP contribution in [-0.4, -0.2) is 48.1 Å². The van der Waals surface area contributed by atoms with E-state index in [1.807, 2.05) is 18.2 Å². The largest absolute Gasteiger partial charge is 0.464 e. The number of thiazole rings is 1. The lowest BCUT2D eigenvalue weighted by atomic mass is 10.0. The summed E-state index contributed by atoms with van der Waals surface area (Å²) in [5, 5.41) is 14.5. The van der Waals surface area contributed by atoms with Crippen LogP contribution in [0.3, 0.4) is 0 Å². The second-order valence-electron chi connectivity index (χ2n) is 8.17. The quantitative estimate of drug-likeness (QED) is 0.476. The summed E-state index contributed by atoms with van der Waals surface area (Å²) in [7, 11) is -4.39. The molecule has 4 rings (SSSR count). The maximum Gasteiger partial charge on any atom is 0.427 e. The van der Waals surface area contributed by atoms with Crippen molar-refractivity contribution in [3.05, 3.63) is 70.0 Å². The van der Waals surface area contributed by atoms with Crippen LogP contribution in [0.5, 0.6) is 0 Å². The summed E-state index contributed by atoms with van der Waals surface area (Å²) in [5.74, 6) is -0.178. The number of hydrogen-bond acceptors (Lipinski definition) is 7. The van der Waals surface area contributed by atoms with Crippen LogP contribution in [0.2, 0.25) is 5.02 Å². The Morgan fingerprint density at radius 2 is 2.06 bits per heavy atom. The van der Waals surface area contributed by atoms with Gasteiger partial charge < -0.3 is 10.4 Å². The summed E-state index contributed by atoms with van der Waals surface area (Å²) in [5.41, 5.74) is 2.96.